The van der Waals surface area contributed by atoms with Gasteiger partial charge >= 0.3 is 0 Å². The van der Waals surface area contributed by atoms with Crippen LogP contribution in [0.4, 0.5) is 5.69 Å². The molecule has 154 valence electrons. The molecule has 2 aromatic carbocycles. The first-order valence-corrected chi connectivity index (χ1v) is 10.2. The fraction of sp³-hybridized carbons (Fsp3) is 0.391. The Balaban J connectivity index is 1.70. The monoisotopic (exact) mass is 395 g/mol. The Hall–Kier alpha value is -2.70. The van der Waals surface area contributed by atoms with Gasteiger partial charge in [-0.25, -0.2) is 0 Å². The van der Waals surface area contributed by atoms with Crippen LogP contribution in [-0.2, 0) is 11.3 Å². The van der Waals surface area contributed by atoms with E-state index in [1.165, 1.54) is 0 Å². The zero-order valence-corrected chi connectivity index (χ0v) is 17.1. The third-order valence-electron chi connectivity index (χ3n) is 5.11. The van der Waals surface area contributed by atoms with Gasteiger partial charge in [-0.2, -0.15) is 0 Å². The second-order valence-corrected chi connectivity index (χ2v) is 7.37. The summed E-state index contributed by atoms with van der Waals surface area (Å²) in [5, 5.41) is 5.84. The minimum atomic E-state index is -0.224. The summed E-state index contributed by atoms with van der Waals surface area (Å²) in [5.74, 6) is -0.408. The van der Waals surface area contributed by atoms with E-state index in [1.807, 2.05) is 38.1 Å². The summed E-state index contributed by atoms with van der Waals surface area (Å²) < 4.78 is 5.39. The van der Waals surface area contributed by atoms with E-state index >= 15 is 0 Å². The topological polar surface area (TPSA) is 70.7 Å². The lowest BCUT2D eigenvalue weighted by atomic mass is 10.1. The summed E-state index contributed by atoms with van der Waals surface area (Å²) in [5.41, 5.74) is 2.64. The van der Waals surface area contributed by atoms with Crippen LogP contribution in [0.1, 0.15) is 46.5 Å². The molecule has 1 aliphatic rings. The van der Waals surface area contributed by atoms with E-state index in [9.17, 15) is 9.59 Å². The highest BCUT2D eigenvalue weighted by Crippen LogP contribution is 2.18. The van der Waals surface area contributed by atoms with Crippen molar-refractivity contribution in [3.05, 3.63) is 65.2 Å². The minimum Gasteiger partial charge on any atom is -0.379 e. The predicted octanol–water partition coefficient (Wildman–Crippen LogP) is 3.30. The van der Waals surface area contributed by atoms with Gasteiger partial charge in [0.25, 0.3) is 11.8 Å². The SMILES string of the molecule is CC[C@H](C)NC(=O)c1ccccc1NC(=O)c1cccc(CN2CCOCC2)c1. The van der Waals surface area contributed by atoms with Crippen molar-refractivity contribution in [1.29, 1.82) is 0 Å². The second kappa shape index (κ2) is 10.2. The van der Waals surface area contributed by atoms with Crippen LogP contribution in [-0.4, -0.2) is 49.1 Å². The number of para-hydroxylation sites is 1. The van der Waals surface area contributed by atoms with Crippen molar-refractivity contribution in [2.24, 2.45) is 0 Å². The maximum atomic E-state index is 12.8. The van der Waals surface area contributed by atoms with E-state index < -0.39 is 0 Å². The fourth-order valence-electron chi connectivity index (χ4n) is 3.22. The second-order valence-electron chi connectivity index (χ2n) is 7.37. The number of carbonyl (C=O) groups is 2. The molecule has 1 fully saturated rings. The van der Waals surface area contributed by atoms with Gasteiger partial charge in [-0.05, 0) is 43.2 Å². The quantitative estimate of drug-likeness (QED) is 0.755. The number of morpholine rings is 1. The van der Waals surface area contributed by atoms with Crippen LogP contribution < -0.4 is 10.6 Å². The van der Waals surface area contributed by atoms with Crippen molar-refractivity contribution in [1.82, 2.24) is 10.2 Å². The molecule has 0 saturated carbocycles. The smallest absolute Gasteiger partial charge is 0.255 e. The summed E-state index contributed by atoms with van der Waals surface area (Å²) in [7, 11) is 0. The molecule has 1 aliphatic heterocycles. The zero-order valence-electron chi connectivity index (χ0n) is 17.1. The van der Waals surface area contributed by atoms with Gasteiger partial charge in [0.05, 0.1) is 24.5 Å². The van der Waals surface area contributed by atoms with Crippen molar-refractivity contribution in [2.45, 2.75) is 32.9 Å². The molecule has 0 aliphatic carbocycles. The molecule has 2 amide bonds. The molecular weight excluding hydrogens is 366 g/mol. The Morgan fingerprint density at radius 3 is 2.59 bits per heavy atom. The number of nitrogens with zero attached hydrogens (tertiary/aromatic N) is 1. The average Bonchev–Trinajstić information content (AvgIpc) is 2.75. The molecule has 2 N–H and O–H groups in total. The Kier molecular flexibility index (Phi) is 7.38. The number of ether oxygens (including phenoxy) is 1. The first kappa shape index (κ1) is 21.0. The highest BCUT2D eigenvalue weighted by Gasteiger charge is 2.16. The number of amides is 2. The van der Waals surface area contributed by atoms with Crippen molar-refractivity contribution in [3.63, 3.8) is 0 Å². The van der Waals surface area contributed by atoms with Crippen LogP contribution in [0.2, 0.25) is 0 Å². The number of nitrogens with one attached hydrogen (secondary N) is 2. The molecule has 0 radical (unpaired) electrons. The molecule has 0 spiro atoms. The van der Waals surface area contributed by atoms with Crippen molar-refractivity contribution < 1.29 is 14.3 Å². The maximum absolute atomic E-state index is 12.8. The zero-order chi connectivity index (χ0) is 20.6. The van der Waals surface area contributed by atoms with E-state index in [1.54, 1.807) is 24.3 Å². The van der Waals surface area contributed by atoms with Gasteiger partial charge in [0.15, 0.2) is 0 Å². The number of benzene rings is 2. The molecule has 29 heavy (non-hydrogen) atoms. The molecule has 0 bridgehead atoms. The summed E-state index contributed by atoms with van der Waals surface area (Å²) in [6, 6.07) is 14.8. The van der Waals surface area contributed by atoms with Gasteiger partial charge in [-0.15, -0.1) is 0 Å². The van der Waals surface area contributed by atoms with E-state index in [0.717, 1.165) is 44.8 Å². The van der Waals surface area contributed by atoms with Gasteiger partial charge in [0.1, 0.15) is 0 Å². The fourth-order valence-corrected chi connectivity index (χ4v) is 3.22. The number of anilines is 1. The standard InChI is InChI=1S/C23H29N3O3/c1-3-17(2)24-23(28)20-9-4-5-10-21(20)25-22(27)19-8-6-7-18(15-19)16-26-11-13-29-14-12-26/h4-10,15,17H,3,11-14,16H2,1-2H3,(H,24,28)(H,25,27)/t17-/m0/s1. The summed E-state index contributed by atoms with van der Waals surface area (Å²) in [4.78, 5) is 27.7. The summed E-state index contributed by atoms with van der Waals surface area (Å²) >= 11 is 0. The van der Waals surface area contributed by atoms with Crippen LogP contribution in [0, 0.1) is 0 Å². The lowest BCUT2D eigenvalue weighted by Gasteiger charge is -2.26. The third kappa shape index (κ3) is 5.89. The summed E-state index contributed by atoms with van der Waals surface area (Å²) in [6.07, 6.45) is 0.843. The van der Waals surface area contributed by atoms with Gasteiger partial charge < -0.3 is 15.4 Å². The maximum Gasteiger partial charge on any atom is 0.255 e. The van der Waals surface area contributed by atoms with Crippen LogP contribution in [0.15, 0.2) is 48.5 Å². The van der Waals surface area contributed by atoms with Crippen LogP contribution in [0.25, 0.3) is 0 Å². The molecule has 6 heteroatoms. The lowest BCUT2D eigenvalue weighted by molar-refractivity contribution is 0.0342. The summed E-state index contributed by atoms with van der Waals surface area (Å²) in [6.45, 7) is 8.05. The third-order valence-corrected chi connectivity index (χ3v) is 5.11. The number of hydrogen-bond donors (Lipinski definition) is 2. The molecule has 0 unspecified atom stereocenters. The van der Waals surface area contributed by atoms with Crippen LogP contribution in [0.3, 0.4) is 0 Å². The molecule has 6 nitrogen and oxygen atoms in total. The van der Waals surface area contributed by atoms with Gasteiger partial charge in [0, 0.05) is 31.2 Å². The van der Waals surface area contributed by atoms with Gasteiger partial charge in [-0.1, -0.05) is 31.2 Å². The Labute approximate surface area is 172 Å². The molecule has 3 rings (SSSR count). The average molecular weight is 396 g/mol. The number of rotatable bonds is 7. The molecule has 2 aromatic rings. The number of carbonyl (C=O) groups excluding carboxylic acids is 2. The van der Waals surface area contributed by atoms with Crippen LogP contribution in [0.5, 0.6) is 0 Å². The molecule has 1 heterocycles. The minimum absolute atomic E-state index is 0.0723. The lowest BCUT2D eigenvalue weighted by Crippen LogP contribution is -2.35. The van der Waals surface area contributed by atoms with E-state index in [-0.39, 0.29) is 17.9 Å². The van der Waals surface area contributed by atoms with E-state index in [0.29, 0.717) is 16.8 Å². The first-order chi connectivity index (χ1) is 14.1. The molecule has 1 saturated heterocycles. The van der Waals surface area contributed by atoms with Gasteiger partial charge in [-0.3, -0.25) is 14.5 Å². The highest BCUT2D eigenvalue weighted by atomic mass is 16.5. The Morgan fingerprint density at radius 1 is 1.07 bits per heavy atom. The first-order valence-electron chi connectivity index (χ1n) is 10.2. The highest BCUT2D eigenvalue weighted by molar-refractivity contribution is 6.09. The van der Waals surface area contributed by atoms with Crippen molar-refractivity contribution in [2.75, 3.05) is 31.6 Å². The van der Waals surface area contributed by atoms with Gasteiger partial charge in [0.2, 0.25) is 0 Å². The predicted molar refractivity (Wildman–Crippen MR) is 114 cm³/mol. The normalized spacial score (nSPS) is 15.5. The molecule has 0 aromatic heterocycles. The van der Waals surface area contributed by atoms with E-state index in [4.69, 9.17) is 4.74 Å². The Morgan fingerprint density at radius 2 is 1.83 bits per heavy atom. The largest absolute Gasteiger partial charge is 0.379 e. The van der Waals surface area contributed by atoms with Crippen molar-refractivity contribution in [3.8, 4) is 0 Å². The molecule has 1 atom stereocenters. The molecular formula is C23H29N3O3. The van der Waals surface area contributed by atoms with E-state index in [2.05, 4.69) is 15.5 Å². The number of hydrogen-bond acceptors (Lipinski definition) is 4. The van der Waals surface area contributed by atoms with Crippen molar-refractivity contribution >= 4 is 17.5 Å². The van der Waals surface area contributed by atoms with Crippen LogP contribution >= 0.6 is 0 Å². The Bertz CT molecular complexity index is 847.